The predicted molar refractivity (Wildman–Crippen MR) is 91.4 cm³/mol. The third-order valence-electron chi connectivity index (χ3n) is 5.25. The van der Waals surface area contributed by atoms with Crippen LogP contribution in [0.3, 0.4) is 0 Å². The minimum Gasteiger partial charge on any atom is -0.463 e. The van der Waals surface area contributed by atoms with Gasteiger partial charge >= 0.3 is 0 Å². The first-order valence-electron chi connectivity index (χ1n) is 7.78. The average molecular weight is 291 g/mol. The molecule has 22 heavy (non-hydrogen) atoms. The molecule has 2 aromatic carbocycles. The summed E-state index contributed by atoms with van der Waals surface area (Å²) in [5.74, 6) is 0.959. The molecule has 2 aliphatic rings. The lowest BCUT2D eigenvalue weighted by Crippen LogP contribution is -2.58. The van der Waals surface area contributed by atoms with Crippen LogP contribution in [0.4, 0.5) is 5.69 Å². The highest BCUT2D eigenvalue weighted by molar-refractivity contribution is 5.72. The molecular weight excluding hydrogens is 270 g/mol. The van der Waals surface area contributed by atoms with Gasteiger partial charge in [0.1, 0.15) is 5.75 Å². The van der Waals surface area contributed by atoms with E-state index in [4.69, 9.17) is 4.74 Å². The molecule has 2 heteroatoms. The van der Waals surface area contributed by atoms with E-state index in [0.29, 0.717) is 0 Å². The van der Waals surface area contributed by atoms with E-state index in [1.807, 2.05) is 0 Å². The van der Waals surface area contributed by atoms with E-state index in [2.05, 4.69) is 87.3 Å². The van der Waals surface area contributed by atoms with Gasteiger partial charge in [0.15, 0.2) is 0 Å². The first-order valence-corrected chi connectivity index (χ1v) is 7.78. The third-order valence-corrected chi connectivity index (χ3v) is 5.25. The van der Waals surface area contributed by atoms with Gasteiger partial charge in [0.05, 0.1) is 5.41 Å². The molecule has 0 fully saturated rings. The molecule has 0 bridgehead atoms. The van der Waals surface area contributed by atoms with E-state index in [1.165, 1.54) is 16.8 Å². The second-order valence-corrected chi connectivity index (χ2v) is 6.87. The van der Waals surface area contributed by atoms with Crippen LogP contribution in [0, 0.1) is 6.92 Å². The quantitative estimate of drug-likeness (QED) is 0.707. The minimum atomic E-state index is -0.473. The fourth-order valence-corrected chi connectivity index (χ4v) is 3.90. The van der Waals surface area contributed by atoms with Crippen LogP contribution < -0.4 is 9.64 Å². The van der Waals surface area contributed by atoms with E-state index < -0.39 is 5.72 Å². The van der Waals surface area contributed by atoms with Crippen molar-refractivity contribution >= 4 is 11.8 Å². The molecule has 0 aliphatic carbocycles. The van der Waals surface area contributed by atoms with Crippen molar-refractivity contribution in [1.82, 2.24) is 0 Å². The molecular formula is C20H21NO. The summed E-state index contributed by atoms with van der Waals surface area (Å²) < 4.78 is 6.58. The Bertz CT molecular complexity index is 790. The van der Waals surface area contributed by atoms with Gasteiger partial charge in [-0.25, -0.2) is 0 Å². The molecule has 2 aromatic rings. The number of nitrogens with zero attached hydrogens (tertiary/aromatic N) is 1. The molecule has 2 nitrogen and oxygen atoms in total. The van der Waals surface area contributed by atoms with Crippen molar-refractivity contribution in [2.45, 2.75) is 31.9 Å². The molecule has 0 saturated carbocycles. The predicted octanol–water partition coefficient (Wildman–Crippen LogP) is 4.52. The Morgan fingerprint density at radius 3 is 2.59 bits per heavy atom. The Balaban J connectivity index is 1.89. The third kappa shape index (κ3) is 1.50. The highest BCUT2D eigenvalue weighted by Crippen LogP contribution is 2.54. The Morgan fingerprint density at radius 2 is 1.82 bits per heavy atom. The van der Waals surface area contributed by atoms with Crippen molar-refractivity contribution in [3.63, 3.8) is 0 Å². The SMILES string of the molecule is Cc1ccc2c(c1)C=C[C@]1(O2)N(C)c2ccccc2C1(C)C. The summed E-state index contributed by atoms with van der Waals surface area (Å²) in [6.07, 6.45) is 4.42. The Labute approximate surface area is 132 Å². The van der Waals surface area contributed by atoms with Crippen LogP contribution in [-0.4, -0.2) is 12.8 Å². The van der Waals surface area contributed by atoms with Crippen LogP contribution in [0.1, 0.15) is 30.5 Å². The lowest BCUT2D eigenvalue weighted by molar-refractivity contribution is 0.0581. The van der Waals surface area contributed by atoms with Crippen molar-refractivity contribution < 1.29 is 4.74 Å². The first kappa shape index (κ1) is 13.4. The van der Waals surface area contributed by atoms with Crippen LogP contribution in [0.25, 0.3) is 6.08 Å². The van der Waals surface area contributed by atoms with E-state index in [0.717, 1.165) is 11.3 Å². The van der Waals surface area contributed by atoms with E-state index in [-0.39, 0.29) is 5.41 Å². The molecule has 112 valence electrons. The largest absolute Gasteiger partial charge is 0.463 e. The number of para-hydroxylation sites is 1. The average Bonchev–Trinajstić information content (AvgIpc) is 2.67. The molecule has 2 aliphatic heterocycles. The Morgan fingerprint density at radius 1 is 1.05 bits per heavy atom. The van der Waals surface area contributed by atoms with Crippen molar-refractivity contribution in [3.05, 3.63) is 65.2 Å². The van der Waals surface area contributed by atoms with Crippen LogP contribution >= 0.6 is 0 Å². The van der Waals surface area contributed by atoms with E-state index >= 15 is 0 Å². The first-order chi connectivity index (χ1) is 10.5. The lowest BCUT2D eigenvalue weighted by atomic mass is 9.76. The zero-order chi connectivity index (χ0) is 15.5. The normalized spacial score (nSPS) is 24.1. The summed E-state index contributed by atoms with van der Waals surface area (Å²) in [7, 11) is 2.12. The number of fused-ring (bicyclic) bond motifs is 2. The number of ether oxygens (including phenoxy) is 1. The molecule has 4 rings (SSSR count). The molecule has 2 heterocycles. The number of likely N-dealkylation sites (N-methyl/N-ethyl adjacent to an activating group) is 1. The second-order valence-electron chi connectivity index (χ2n) is 6.87. The standard InChI is InChI=1S/C20H21NO/c1-14-9-10-18-15(13-14)11-12-20(22-18)19(2,3)16-7-5-6-8-17(16)21(20)4/h5-13H,1-4H3/t20-/m1/s1. The highest BCUT2D eigenvalue weighted by Gasteiger charge is 2.57. The molecule has 0 saturated heterocycles. The van der Waals surface area contributed by atoms with Crippen LogP contribution in [0.15, 0.2) is 48.5 Å². The van der Waals surface area contributed by atoms with Gasteiger partial charge in [0, 0.05) is 18.3 Å². The van der Waals surface area contributed by atoms with Gasteiger partial charge < -0.3 is 9.64 Å². The topological polar surface area (TPSA) is 12.5 Å². The van der Waals surface area contributed by atoms with Crippen LogP contribution in [0.5, 0.6) is 5.75 Å². The number of aryl methyl sites for hydroxylation is 1. The smallest absolute Gasteiger partial charge is 0.211 e. The van der Waals surface area contributed by atoms with Crippen LogP contribution in [-0.2, 0) is 5.41 Å². The zero-order valence-corrected chi connectivity index (χ0v) is 13.6. The zero-order valence-electron chi connectivity index (χ0n) is 13.6. The summed E-state index contributed by atoms with van der Waals surface area (Å²) in [5, 5.41) is 0. The minimum absolute atomic E-state index is 0.128. The summed E-state index contributed by atoms with van der Waals surface area (Å²) in [5.41, 5.74) is 4.39. The van der Waals surface area contributed by atoms with E-state index in [9.17, 15) is 0 Å². The fraction of sp³-hybridized carbons (Fsp3) is 0.300. The van der Waals surface area contributed by atoms with E-state index in [1.54, 1.807) is 0 Å². The van der Waals surface area contributed by atoms with Gasteiger partial charge in [-0.1, -0.05) is 29.8 Å². The van der Waals surface area contributed by atoms with Gasteiger partial charge in [0.25, 0.3) is 0 Å². The summed E-state index contributed by atoms with van der Waals surface area (Å²) >= 11 is 0. The van der Waals surface area contributed by atoms with Gasteiger partial charge in [-0.2, -0.15) is 0 Å². The monoisotopic (exact) mass is 291 g/mol. The summed E-state index contributed by atoms with van der Waals surface area (Å²) in [6, 6.07) is 15.0. The summed E-state index contributed by atoms with van der Waals surface area (Å²) in [4.78, 5) is 2.27. The molecule has 0 N–H and O–H groups in total. The van der Waals surface area contributed by atoms with Crippen molar-refractivity contribution in [1.29, 1.82) is 0 Å². The number of benzene rings is 2. The molecule has 0 radical (unpaired) electrons. The number of hydrogen-bond acceptors (Lipinski definition) is 2. The fourth-order valence-electron chi connectivity index (χ4n) is 3.90. The lowest BCUT2D eigenvalue weighted by Gasteiger charge is -2.45. The second kappa shape index (κ2) is 4.16. The Kier molecular flexibility index (Phi) is 2.54. The molecule has 1 spiro atoms. The molecule has 0 unspecified atom stereocenters. The van der Waals surface area contributed by atoms with Gasteiger partial charge in [-0.15, -0.1) is 0 Å². The molecule has 0 aromatic heterocycles. The maximum Gasteiger partial charge on any atom is 0.211 e. The van der Waals surface area contributed by atoms with Crippen molar-refractivity contribution in [2.75, 3.05) is 11.9 Å². The number of anilines is 1. The number of hydrogen-bond donors (Lipinski definition) is 0. The molecule has 0 amide bonds. The van der Waals surface area contributed by atoms with Gasteiger partial charge in [-0.05, 0) is 56.7 Å². The van der Waals surface area contributed by atoms with Crippen LogP contribution in [0.2, 0.25) is 0 Å². The van der Waals surface area contributed by atoms with Crippen molar-refractivity contribution in [3.8, 4) is 5.75 Å². The molecule has 1 atom stereocenters. The van der Waals surface area contributed by atoms with Crippen molar-refractivity contribution in [2.24, 2.45) is 0 Å². The van der Waals surface area contributed by atoms with Gasteiger partial charge in [-0.3, -0.25) is 0 Å². The van der Waals surface area contributed by atoms with Gasteiger partial charge in [0.2, 0.25) is 5.72 Å². The highest BCUT2D eigenvalue weighted by atomic mass is 16.5. The Hall–Kier alpha value is -2.22. The summed E-state index contributed by atoms with van der Waals surface area (Å²) in [6.45, 7) is 6.64. The maximum absolute atomic E-state index is 6.58. The maximum atomic E-state index is 6.58. The number of rotatable bonds is 0.